The summed E-state index contributed by atoms with van der Waals surface area (Å²) >= 11 is 3.28. The van der Waals surface area contributed by atoms with Crippen LogP contribution in [0.4, 0.5) is 0 Å². The quantitative estimate of drug-likeness (QED) is 0.909. The van der Waals surface area contributed by atoms with E-state index in [0.717, 1.165) is 36.4 Å². The molecule has 0 saturated carbocycles. The van der Waals surface area contributed by atoms with Gasteiger partial charge in [-0.25, -0.2) is 0 Å². The van der Waals surface area contributed by atoms with Crippen molar-refractivity contribution in [2.45, 2.75) is 32.2 Å². The first-order chi connectivity index (χ1) is 8.66. The van der Waals surface area contributed by atoms with E-state index < -0.39 is 0 Å². The minimum Gasteiger partial charge on any atom is -0.453 e. The molecule has 18 heavy (non-hydrogen) atoms. The fourth-order valence-electron chi connectivity index (χ4n) is 2.18. The van der Waals surface area contributed by atoms with E-state index in [1.807, 2.05) is 24.0 Å². The number of amides is 1. The van der Waals surface area contributed by atoms with Crippen LogP contribution in [0.2, 0.25) is 0 Å². The monoisotopic (exact) mass is 314 g/mol. The lowest BCUT2D eigenvalue weighted by Gasteiger charge is -2.16. The summed E-state index contributed by atoms with van der Waals surface area (Å²) in [5.74, 6) is 1.14. The summed E-state index contributed by atoms with van der Waals surface area (Å²) in [5, 5.41) is 3.30. The van der Waals surface area contributed by atoms with Crippen molar-refractivity contribution in [2.75, 3.05) is 19.6 Å². The molecule has 0 radical (unpaired) electrons. The van der Waals surface area contributed by atoms with E-state index in [4.69, 9.17) is 4.42 Å². The Morgan fingerprint density at radius 2 is 2.22 bits per heavy atom. The Morgan fingerprint density at radius 1 is 1.50 bits per heavy atom. The third kappa shape index (κ3) is 3.59. The van der Waals surface area contributed by atoms with Gasteiger partial charge in [-0.1, -0.05) is 0 Å². The molecule has 1 aliphatic rings. The molecule has 0 bridgehead atoms. The lowest BCUT2D eigenvalue weighted by molar-refractivity contribution is -0.130. The molecule has 100 valence electrons. The Labute approximate surface area is 116 Å². The molecule has 1 aromatic heterocycles. The van der Waals surface area contributed by atoms with Gasteiger partial charge in [-0.05, 0) is 47.8 Å². The fourth-order valence-corrected chi connectivity index (χ4v) is 2.50. The molecule has 1 atom stereocenters. The number of furan rings is 1. The molecule has 1 amide bonds. The summed E-state index contributed by atoms with van der Waals surface area (Å²) in [6.07, 6.45) is 2.86. The third-order valence-corrected chi connectivity index (χ3v) is 3.70. The average molecular weight is 315 g/mol. The van der Waals surface area contributed by atoms with E-state index in [9.17, 15) is 4.79 Å². The molecule has 1 unspecified atom stereocenters. The largest absolute Gasteiger partial charge is 0.453 e. The van der Waals surface area contributed by atoms with Crippen LogP contribution in [0.25, 0.3) is 0 Å². The van der Waals surface area contributed by atoms with Crippen LogP contribution >= 0.6 is 15.9 Å². The van der Waals surface area contributed by atoms with E-state index in [-0.39, 0.29) is 11.9 Å². The van der Waals surface area contributed by atoms with Crippen molar-refractivity contribution in [3.05, 3.63) is 22.6 Å². The molecule has 0 aliphatic carbocycles. The molecule has 1 fully saturated rings. The van der Waals surface area contributed by atoms with Crippen molar-refractivity contribution < 1.29 is 9.21 Å². The van der Waals surface area contributed by atoms with E-state index in [1.54, 1.807) is 0 Å². The highest BCUT2D eigenvalue weighted by atomic mass is 79.9. The van der Waals surface area contributed by atoms with Crippen LogP contribution in [0.5, 0.6) is 0 Å². The minimum absolute atomic E-state index is 0.127. The van der Waals surface area contributed by atoms with Crippen LogP contribution in [0.15, 0.2) is 21.2 Å². The third-order valence-electron chi connectivity index (χ3n) is 3.27. The van der Waals surface area contributed by atoms with Crippen LogP contribution in [0, 0.1) is 0 Å². The van der Waals surface area contributed by atoms with E-state index in [2.05, 4.69) is 21.2 Å². The molecular weight excluding hydrogens is 296 g/mol. The Kier molecular flexibility index (Phi) is 4.83. The summed E-state index contributed by atoms with van der Waals surface area (Å²) in [5.41, 5.74) is 0. The summed E-state index contributed by atoms with van der Waals surface area (Å²) in [6.45, 7) is 4.58. The van der Waals surface area contributed by atoms with E-state index in [0.29, 0.717) is 13.0 Å². The number of rotatable bonds is 5. The van der Waals surface area contributed by atoms with Crippen LogP contribution in [0.3, 0.4) is 0 Å². The molecule has 1 aromatic rings. The summed E-state index contributed by atoms with van der Waals surface area (Å²) in [7, 11) is 0. The molecule has 1 saturated heterocycles. The van der Waals surface area contributed by atoms with Gasteiger partial charge in [-0.2, -0.15) is 0 Å². The first-order valence-corrected chi connectivity index (χ1v) is 7.22. The number of carbonyl (C=O) groups is 1. The van der Waals surface area contributed by atoms with Gasteiger partial charge in [0.1, 0.15) is 5.76 Å². The number of carbonyl (C=O) groups excluding carboxylic acids is 1. The van der Waals surface area contributed by atoms with Crippen molar-refractivity contribution >= 4 is 21.8 Å². The SMILES string of the molecule is CC(NCCC(=O)N1CCCC1)c1ccc(Br)o1. The van der Waals surface area contributed by atoms with Gasteiger partial charge >= 0.3 is 0 Å². The zero-order chi connectivity index (χ0) is 13.0. The molecule has 2 rings (SSSR count). The number of likely N-dealkylation sites (tertiary alicyclic amines) is 1. The maximum atomic E-state index is 11.8. The van der Waals surface area contributed by atoms with Crippen molar-refractivity contribution in [1.82, 2.24) is 10.2 Å². The van der Waals surface area contributed by atoms with Crippen molar-refractivity contribution in [3.8, 4) is 0 Å². The molecule has 4 nitrogen and oxygen atoms in total. The van der Waals surface area contributed by atoms with Gasteiger partial charge in [0.2, 0.25) is 5.91 Å². The molecule has 1 N–H and O–H groups in total. The zero-order valence-corrected chi connectivity index (χ0v) is 12.2. The number of halogens is 1. The molecule has 5 heteroatoms. The van der Waals surface area contributed by atoms with Crippen molar-refractivity contribution in [1.29, 1.82) is 0 Å². The van der Waals surface area contributed by atoms with E-state index >= 15 is 0 Å². The lowest BCUT2D eigenvalue weighted by atomic mass is 10.2. The number of hydrogen-bond donors (Lipinski definition) is 1. The smallest absolute Gasteiger partial charge is 0.223 e. The van der Waals surface area contributed by atoms with E-state index in [1.165, 1.54) is 0 Å². The average Bonchev–Trinajstić information content (AvgIpc) is 2.99. The first-order valence-electron chi connectivity index (χ1n) is 6.43. The molecule has 0 spiro atoms. The second-order valence-corrected chi connectivity index (χ2v) is 5.44. The molecule has 2 heterocycles. The Hall–Kier alpha value is -0.810. The zero-order valence-electron chi connectivity index (χ0n) is 10.6. The Morgan fingerprint density at radius 3 is 2.83 bits per heavy atom. The highest BCUT2D eigenvalue weighted by Crippen LogP contribution is 2.19. The maximum absolute atomic E-state index is 11.8. The van der Waals surface area contributed by atoms with Gasteiger partial charge in [0.25, 0.3) is 0 Å². The standard InChI is InChI=1S/C13H19BrN2O2/c1-10(11-4-5-12(14)18-11)15-7-6-13(17)16-8-2-3-9-16/h4-5,10,15H,2-3,6-9H2,1H3. The highest BCUT2D eigenvalue weighted by molar-refractivity contribution is 9.10. The fraction of sp³-hybridized carbons (Fsp3) is 0.615. The molecular formula is C13H19BrN2O2. The lowest BCUT2D eigenvalue weighted by Crippen LogP contribution is -2.31. The van der Waals surface area contributed by atoms with Crippen molar-refractivity contribution in [3.63, 3.8) is 0 Å². The predicted octanol–water partition coefficient (Wildman–Crippen LogP) is 2.71. The van der Waals surface area contributed by atoms with Gasteiger partial charge in [-0.15, -0.1) is 0 Å². The second kappa shape index (κ2) is 6.38. The Balaban J connectivity index is 1.70. The summed E-state index contributed by atoms with van der Waals surface area (Å²) < 4.78 is 6.20. The normalized spacial score (nSPS) is 17.1. The Bertz CT molecular complexity index is 399. The predicted molar refractivity (Wildman–Crippen MR) is 73.3 cm³/mol. The van der Waals surface area contributed by atoms with Crippen LogP contribution in [-0.2, 0) is 4.79 Å². The topological polar surface area (TPSA) is 45.5 Å². The number of nitrogens with zero attached hydrogens (tertiary/aromatic N) is 1. The van der Waals surface area contributed by atoms with Gasteiger partial charge in [0, 0.05) is 26.1 Å². The maximum Gasteiger partial charge on any atom is 0.223 e. The van der Waals surface area contributed by atoms with Gasteiger partial charge in [-0.3, -0.25) is 4.79 Å². The minimum atomic E-state index is 0.127. The first kappa shape index (κ1) is 13.6. The highest BCUT2D eigenvalue weighted by Gasteiger charge is 2.17. The van der Waals surface area contributed by atoms with Gasteiger partial charge in [0.15, 0.2) is 4.67 Å². The number of hydrogen-bond acceptors (Lipinski definition) is 3. The van der Waals surface area contributed by atoms with Gasteiger partial charge < -0.3 is 14.6 Å². The van der Waals surface area contributed by atoms with Crippen molar-refractivity contribution in [2.24, 2.45) is 0 Å². The molecule has 1 aliphatic heterocycles. The van der Waals surface area contributed by atoms with Crippen LogP contribution in [0.1, 0.15) is 38.0 Å². The van der Waals surface area contributed by atoms with Crippen LogP contribution < -0.4 is 5.32 Å². The summed E-state index contributed by atoms with van der Waals surface area (Å²) in [6, 6.07) is 3.94. The van der Waals surface area contributed by atoms with Crippen LogP contribution in [-0.4, -0.2) is 30.4 Å². The number of nitrogens with one attached hydrogen (secondary N) is 1. The van der Waals surface area contributed by atoms with Gasteiger partial charge in [0.05, 0.1) is 6.04 Å². The molecule has 0 aromatic carbocycles. The summed E-state index contributed by atoms with van der Waals surface area (Å²) in [4.78, 5) is 13.8. The second-order valence-electron chi connectivity index (χ2n) is 4.66.